The number of amides is 2. The van der Waals surface area contributed by atoms with Crippen molar-refractivity contribution in [1.29, 1.82) is 0 Å². The lowest BCUT2D eigenvalue weighted by Gasteiger charge is -2.28. The average Bonchev–Trinajstić information content (AvgIpc) is 2.46. The SMILES string of the molecule is NC(=O)N(c1ccc(Cl)cc1)C(C(=O)O)c1ccccc1Cl. The number of halogens is 2. The molecule has 2 rings (SSSR count). The predicted octanol–water partition coefficient (Wildman–Crippen LogP) is 3.70. The maximum atomic E-state index is 11.8. The van der Waals surface area contributed by atoms with E-state index in [9.17, 15) is 14.7 Å². The number of nitrogens with zero attached hydrogens (tertiary/aromatic N) is 1. The lowest BCUT2D eigenvalue weighted by Crippen LogP contribution is -2.42. The Morgan fingerprint density at radius 1 is 1.05 bits per heavy atom. The summed E-state index contributed by atoms with van der Waals surface area (Å²) in [5.41, 5.74) is 5.96. The summed E-state index contributed by atoms with van der Waals surface area (Å²) in [5.74, 6) is -1.25. The molecule has 3 N–H and O–H groups in total. The monoisotopic (exact) mass is 338 g/mol. The second kappa shape index (κ2) is 6.68. The van der Waals surface area contributed by atoms with Crippen molar-refractivity contribution in [2.75, 3.05) is 4.90 Å². The van der Waals surface area contributed by atoms with Crippen molar-refractivity contribution in [2.45, 2.75) is 6.04 Å². The highest BCUT2D eigenvalue weighted by molar-refractivity contribution is 6.32. The Hall–Kier alpha value is -2.24. The van der Waals surface area contributed by atoms with Crippen molar-refractivity contribution in [3.8, 4) is 0 Å². The van der Waals surface area contributed by atoms with Crippen LogP contribution in [-0.2, 0) is 4.79 Å². The highest BCUT2D eigenvalue weighted by Gasteiger charge is 2.32. The molecule has 0 radical (unpaired) electrons. The van der Waals surface area contributed by atoms with Gasteiger partial charge in [0.15, 0.2) is 6.04 Å². The number of carbonyl (C=O) groups excluding carboxylic acids is 1. The smallest absolute Gasteiger partial charge is 0.331 e. The van der Waals surface area contributed by atoms with E-state index in [0.717, 1.165) is 4.90 Å². The first kappa shape index (κ1) is 16.1. The first-order valence-corrected chi connectivity index (χ1v) is 6.99. The number of primary amides is 1. The number of carboxylic acids is 1. The van der Waals surface area contributed by atoms with Crippen molar-refractivity contribution >= 4 is 40.9 Å². The summed E-state index contributed by atoms with van der Waals surface area (Å²) in [7, 11) is 0. The molecule has 5 nitrogen and oxygen atoms in total. The molecular weight excluding hydrogens is 327 g/mol. The molecule has 0 fully saturated rings. The molecule has 0 aromatic heterocycles. The number of benzene rings is 2. The second-order valence-corrected chi connectivity index (χ2v) is 5.29. The summed E-state index contributed by atoms with van der Waals surface area (Å²) >= 11 is 11.9. The standard InChI is InChI=1S/C15H12Cl2N2O3/c16-9-5-7-10(8-6-9)19(15(18)22)13(14(20)21)11-3-1-2-4-12(11)17/h1-8,13H,(H2,18,22)(H,20,21). The van der Waals surface area contributed by atoms with Crippen LogP contribution in [0.2, 0.25) is 10.0 Å². The molecule has 0 aliphatic carbocycles. The van der Waals surface area contributed by atoms with E-state index in [1.807, 2.05) is 0 Å². The average molecular weight is 339 g/mol. The minimum absolute atomic E-state index is 0.232. The van der Waals surface area contributed by atoms with Crippen molar-refractivity contribution in [1.82, 2.24) is 0 Å². The van der Waals surface area contributed by atoms with Crippen molar-refractivity contribution < 1.29 is 14.7 Å². The van der Waals surface area contributed by atoms with Gasteiger partial charge in [-0.15, -0.1) is 0 Å². The van der Waals surface area contributed by atoms with Gasteiger partial charge in [-0.25, -0.2) is 9.59 Å². The topological polar surface area (TPSA) is 83.6 Å². The quantitative estimate of drug-likeness (QED) is 0.891. The van der Waals surface area contributed by atoms with Crippen molar-refractivity contribution in [2.24, 2.45) is 5.73 Å². The number of aliphatic carboxylic acids is 1. The van der Waals surface area contributed by atoms with E-state index in [2.05, 4.69) is 0 Å². The fourth-order valence-corrected chi connectivity index (χ4v) is 2.45. The van der Waals surface area contributed by atoms with Crippen LogP contribution in [0.3, 0.4) is 0 Å². The first-order chi connectivity index (χ1) is 10.4. The molecule has 2 aromatic rings. The van der Waals surface area contributed by atoms with Crippen LogP contribution >= 0.6 is 23.2 Å². The number of carbonyl (C=O) groups is 2. The highest BCUT2D eigenvalue weighted by atomic mass is 35.5. The van der Waals surface area contributed by atoms with E-state index in [1.54, 1.807) is 30.3 Å². The fourth-order valence-electron chi connectivity index (χ4n) is 2.08. The molecule has 2 amide bonds. The number of hydrogen-bond acceptors (Lipinski definition) is 2. The van der Waals surface area contributed by atoms with Gasteiger partial charge in [-0.2, -0.15) is 0 Å². The lowest BCUT2D eigenvalue weighted by atomic mass is 10.0. The summed E-state index contributed by atoms with van der Waals surface area (Å²) < 4.78 is 0. The van der Waals surface area contributed by atoms with Gasteiger partial charge in [0.2, 0.25) is 0 Å². The van der Waals surface area contributed by atoms with E-state index in [4.69, 9.17) is 28.9 Å². The van der Waals surface area contributed by atoms with E-state index in [-0.39, 0.29) is 10.6 Å². The summed E-state index contributed by atoms with van der Waals surface area (Å²) in [4.78, 5) is 24.5. The van der Waals surface area contributed by atoms with E-state index < -0.39 is 18.0 Å². The zero-order valence-corrected chi connectivity index (χ0v) is 12.8. The van der Waals surface area contributed by atoms with Crippen LogP contribution in [0.4, 0.5) is 10.5 Å². The van der Waals surface area contributed by atoms with E-state index in [1.165, 1.54) is 18.2 Å². The number of hydrogen-bond donors (Lipinski definition) is 2. The number of carboxylic acid groups (broad SMARTS) is 1. The van der Waals surface area contributed by atoms with Crippen molar-refractivity contribution in [3.05, 3.63) is 64.1 Å². The molecule has 0 bridgehead atoms. The minimum Gasteiger partial charge on any atom is -0.479 e. The molecular formula is C15H12Cl2N2O3. The molecule has 1 atom stereocenters. The van der Waals surface area contributed by atoms with Crippen LogP contribution in [0.1, 0.15) is 11.6 Å². The third-order valence-corrected chi connectivity index (χ3v) is 3.63. The van der Waals surface area contributed by atoms with Gasteiger partial charge in [-0.3, -0.25) is 4.90 Å². The van der Waals surface area contributed by atoms with Gasteiger partial charge in [0, 0.05) is 21.3 Å². The van der Waals surface area contributed by atoms with Crippen LogP contribution in [0.5, 0.6) is 0 Å². The summed E-state index contributed by atoms with van der Waals surface area (Å²) in [5, 5.41) is 10.2. The Labute approximate surface area is 136 Å². The Morgan fingerprint density at radius 2 is 1.64 bits per heavy atom. The molecule has 0 saturated heterocycles. The van der Waals surface area contributed by atoms with Crippen LogP contribution < -0.4 is 10.6 Å². The van der Waals surface area contributed by atoms with E-state index >= 15 is 0 Å². The Bertz CT molecular complexity index is 704. The molecule has 2 aromatic carbocycles. The van der Waals surface area contributed by atoms with Gasteiger partial charge in [0.25, 0.3) is 0 Å². The molecule has 22 heavy (non-hydrogen) atoms. The molecule has 0 heterocycles. The lowest BCUT2D eigenvalue weighted by molar-refractivity contribution is -0.138. The second-order valence-electron chi connectivity index (χ2n) is 4.45. The summed E-state index contributed by atoms with van der Waals surface area (Å²) in [6.45, 7) is 0. The Morgan fingerprint density at radius 3 is 2.14 bits per heavy atom. The summed E-state index contributed by atoms with van der Waals surface area (Å²) in [6.07, 6.45) is 0. The third-order valence-electron chi connectivity index (χ3n) is 3.03. The highest BCUT2D eigenvalue weighted by Crippen LogP contribution is 2.32. The van der Waals surface area contributed by atoms with Gasteiger partial charge < -0.3 is 10.8 Å². The van der Waals surface area contributed by atoms with Crippen molar-refractivity contribution in [3.63, 3.8) is 0 Å². The normalized spacial score (nSPS) is 11.7. The van der Waals surface area contributed by atoms with Gasteiger partial charge in [0.05, 0.1) is 0 Å². The molecule has 0 aliphatic heterocycles. The molecule has 1 unspecified atom stereocenters. The minimum atomic E-state index is -1.34. The molecule has 0 saturated carbocycles. The summed E-state index contributed by atoms with van der Waals surface area (Å²) in [6, 6.07) is 10.2. The largest absolute Gasteiger partial charge is 0.479 e. The van der Waals surface area contributed by atoms with E-state index in [0.29, 0.717) is 10.7 Å². The predicted molar refractivity (Wildman–Crippen MR) is 85.3 cm³/mol. The van der Waals surface area contributed by atoms with Gasteiger partial charge in [-0.05, 0) is 30.3 Å². The van der Waals surface area contributed by atoms with Gasteiger partial charge in [-0.1, -0.05) is 41.4 Å². The number of urea groups is 1. The molecule has 114 valence electrons. The first-order valence-electron chi connectivity index (χ1n) is 6.23. The molecule has 0 aliphatic rings. The molecule has 0 spiro atoms. The third kappa shape index (κ3) is 3.32. The fraction of sp³-hybridized carbons (Fsp3) is 0.0667. The van der Waals surface area contributed by atoms with Gasteiger partial charge >= 0.3 is 12.0 Å². The maximum absolute atomic E-state index is 11.8. The number of nitrogens with two attached hydrogens (primary N) is 1. The van der Waals surface area contributed by atoms with Crippen LogP contribution in [0, 0.1) is 0 Å². The molecule has 7 heteroatoms. The number of anilines is 1. The van der Waals surface area contributed by atoms with Crippen LogP contribution in [-0.4, -0.2) is 17.1 Å². The van der Waals surface area contributed by atoms with Crippen LogP contribution in [0.25, 0.3) is 0 Å². The number of rotatable bonds is 4. The Kier molecular flexibility index (Phi) is 4.90. The maximum Gasteiger partial charge on any atom is 0.331 e. The van der Waals surface area contributed by atoms with Gasteiger partial charge in [0.1, 0.15) is 0 Å². The zero-order valence-electron chi connectivity index (χ0n) is 11.2. The van der Waals surface area contributed by atoms with Crippen LogP contribution in [0.15, 0.2) is 48.5 Å². The zero-order chi connectivity index (χ0) is 16.3. The Balaban J connectivity index is 2.56.